The number of halogens is 1. The van der Waals surface area contributed by atoms with Gasteiger partial charge in [-0.05, 0) is 92.1 Å². The van der Waals surface area contributed by atoms with Gasteiger partial charge in [0.15, 0.2) is 5.03 Å². The number of carbonyl (C=O) groups is 1. The minimum absolute atomic E-state index is 0.0113. The van der Waals surface area contributed by atoms with Crippen LogP contribution in [0.5, 0.6) is 0 Å². The highest BCUT2D eigenvalue weighted by molar-refractivity contribution is 7.90. The molecular formula is C23H25FN4O3S. The van der Waals surface area contributed by atoms with Crippen LogP contribution in [0.2, 0.25) is 0 Å². The van der Waals surface area contributed by atoms with Crippen molar-refractivity contribution >= 4 is 15.9 Å². The molecule has 0 aliphatic heterocycles. The largest absolute Gasteiger partial charge is 0.283 e. The van der Waals surface area contributed by atoms with E-state index in [1.165, 1.54) is 16.8 Å². The number of hydrogen-bond acceptors (Lipinski definition) is 5. The van der Waals surface area contributed by atoms with Crippen LogP contribution in [0.4, 0.5) is 4.39 Å². The molecule has 1 aliphatic carbocycles. The molecule has 1 aromatic carbocycles. The van der Waals surface area contributed by atoms with Crippen molar-refractivity contribution in [3.05, 3.63) is 64.9 Å². The molecule has 2 heterocycles. The van der Waals surface area contributed by atoms with Crippen LogP contribution in [0.1, 0.15) is 48.7 Å². The molecule has 0 bridgehead atoms. The summed E-state index contributed by atoms with van der Waals surface area (Å²) in [4.78, 5) is 17.0. The minimum atomic E-state index is -4.11. The van der Waals surface area contributed by atoms with Gasteiger partial charge in [0.05, 0.1) is 6.42 Å². The second kappa shape index (κ2) is 8.46. The monoisotopic (exact) mass is 456 g/mol. The lowest BCUT2D eigenvalue weighted by molar-refractivity contribution is -0.118. The molecule has 4 rings (SSSR count). The van der Waals surface area contributed by atoms with Crippen LogP contribution in [0.15, 0.2) is 41.7 Å². The van der Waals surface area contributed by atoms with Crippen LogP contribution >= 0.6 is 0 Å². The molecule has 32 heavy (non-hydrogen) atoms. The van der Waals surface area contributed by atoms with Crippen LogP contribution in [-0.4, -0.2) is 29.1 Å². The molecule has 3 aromatic rings. The molecule has 9 heteroatoms. The number of benzene rings is 1. The molecule has 0 fully saturated rings. The maximum absolute atomic E-state index is 14.8. The van der Waals surface area contributed by atoms with Gasteiger partial charge in [0.25, 0.3) is 10.0 Å². The summed E-state index contributed by atoms with van der Waals surface area (Å²) in [5.41, 5.74) is 4.16. The Hall–Kier alpha value is -3.07. The van der Waals surface area contributed by atoms with E-state index in [-0.39, 0.29) is 23.3 Å². The average molecular weight is 457 g/mol. The lowest BCUT2D eigenvalue weighted by atomic mass is 9.90. The van der Waals surface area contributed by atoms with E-state index in [1.807, 2.05) is 26.8 Å². The van der Waals surface area contributed by atoms with Gasteiger partial charge in [-0.25, -0.2) is 9.11 Å². The molecule has 168 valence electrons. The first-order valence-electron chi connectivity index (χ1n) is 10.5. The van der Waals surface area contributed by atoms with Crippen LogP contribution < -0.4 is 4.72 Å². The van der Waals surface area contributed by atoms with Gasteiger partial charge in [0.2, 0.25) is 5.91 Å². The number of rotatable bonds is 6. The fraction of sp³-hybridized carbons (Fsp3) is 0.348. The first-order valence-corrected chi connectivity index (χ1v) is 12.0. The Bertz CT molecular complexity index is 1300. The number of amides is 1. The van der Waals surface area contributed by atoms with E-state index in [1.54, 1.807) is 18.5 Å². The molecule has 1 aliphatic rings. The number of fused-ring (bicyclic) bond motifs is 1. The highest BCUT2D eigenvalue weighted by Crippen LogP contribution is 2.36. The molecule has 0 radical (unpaired) electrons. The van der Waals surface area contributed by atoms with Gasteiger partial charge in [-0.2, -0.15) is 13.5 Å². The molecule has 0 atom stereocenters. The van der Waals surface area contributed by atoms with E-state index in [2.05, 4.69) is 14.8 Å². The zero-order valence-corrected chi connectivity index (χ0v) is 19.0. The van der Waals surface area contributed by atoms with Crippen molar-refractivity contribution in [3.8, 4) is 11.1 Å². The number of hydrogen-bond donors (Lipinski definition) is 1. The molecule has 1 amide bonds. The van der Waals surface area contributed by atoms with Gasteiger partial charge in [-0.15, -0.1) is 0 Å². The van der Waals surface area contributed by atoms with E-state index >= 15 is 0 Å². The zero-order chi connectivity index (χ0) is 23.0. The summed E-state index contributed by atoms with van der Waals surface area (Å²) in [6.07, 6.45) is 5.07. The van der Waals surface area contributed by atoms with Crippen LogP contribution in [0, 0.1) is 12.7 Å². The number of aryl methyl sites for hydroxylation is 1. The van der Waals surface area contributed by atoms with Crippen LogP contribution in [0.25, 0.3) is 11.1 Å². The number of nitrogens with one attached hydrogen (secondary N) is 1. The van der Waals surface area contributed by atoms with Crippen molar-refractivity contribution in [2.75, 3.05) is 0 Å². The van der Waals surface area contributed by atoms with Gasteiger partial charge in [0.1, 0.15) is 5.82 Å². The third-order valence-corrected chi connectivity index (χ3v) is 6.91. The summed E-state index contributed by atoms with van der Waals surface area (Å²) >= 11 is 0. The molecule has 0 unspecified atom stereocenters. The fourth-order valence-electron chi connectivity index (χ4n) is 4.13. The molecule has 2 aromatic heterocycles. The summed E-state index contributed by atoms with van der Waals surface area (Å²) in [5, 5.41) is 3.83. The second-order valence-corrected chi connectivity index (χ2v) is 9.94. The third-order valence-electron chi connectivity index (χ3n) is 5.65. The van der Waals surface area contributed by atoms with Crippen LogP contribution in [-0.2, 0) is 34.1 Å². The van der Waals surface area contributed by atoms with Gasteiger partial charge in [-0.1, -0.05) is 0 Å². The fourth-order valence-corrected chi connectivity index (χ4v) is 5.04. The Morgan fingerprint density at radius 1 is 1.22 bits per heavy atom. The lowest BCUT2D eigenvalue weighted by Gasteiger charge is -2.16. The third kappa shape index (κ3) is 4.29. The first-order chi connectivity index (χ1) is 15.2. The second-order valence-electron chi connectivity index (χ2n) is 8.31. The van der Waals surface area contributed by atoms with Crippen LogP contribution in [0.3, 0.4) is 0 Å². The Balaban J connectivity index is 1.67. The predicted octanol–water partition coefficient (Wildman–Crippen LogP) is 3.51. The number of sulfonamides is 1. The summed E-state index contributed by atoms with van der Waals surface area (Å²) in [7, 11) is -4.11. The number of aromatic nitrogens is 3. The Labute approximate surface area is 186 Å². The molecule has 7 nitrogen and oxygen atoms in total. The van der Waals surface area contributed by atoms with E-state index in [9.17, 15) is 17.6 Å². The topological polar surface area (TPSA) is 94.0 Å². The summed E-state index contributed by atoms with van der Waals surface area (Å²) in [6.45, 7) is 5.58. The zero-order valence-electron chi connectivity index (χ0n) is 18.2. The molecule has 0 spiro atoms. The van der Waals surface area contributed by atoms with E-state index in [4.69, 9.17) is 0 Å². The minimum Gasteiger partial charge on any atom is -0.274 e. The summed E-state index contributed by atoms with van der Waals surface area (Å²) in [5.74, 6) is -0.977. The van der Waals surface area contributed by atoms with E-state index < -0.39 is 15.9 Å². The molecule has 0 saturated heterocycles. The van der Waals surface area contributed by atoms with E-state index in [0.29, 0.717) is 29.5 Å². The summed E-state index contributed by atoms with van der Waals surface area (Å²) < 4.78 is 43.8. The lowest BCUT2D eigenvalue weighted by Crippen LogP contribution is -2.32. The van der Waals surface area contributed by atoms with Crippen molar-refractivity contribution in [3.63, 3.8) is 0 Å². The highest BCUT2D eigenvalue weighted by Gasteiger charge is 2.27. The SMILES string of the molecule is Cc1cc(-c2cc(F)c3c(c2CC(=O)NS(=O)(=O)c2ccn(C(C)C)n2)CCC3)ccn1. The van der Waals surface area contributed by atoms with Crippen molar-refractivity contribution < 1.29 is 17.6 Å². The quantitative estimate of drug-likeness (QED) is 0.613. The van der Waals surface area contributed by atoms with Crippen molar-refractivity contribution in [2.45, 2.75) is 57.5 Å². The number of pyridine rings is 1. The van der Waals surface area contributed by atoms with Gasteiger partial charge in [-0.3, -0.25) is 14.5 Å². The summed E-state index contributed by atoms with van der Waals surface area (Å²) in [6, 6.07) is 6.38. The Morgan fingerprint density at radius 3 is 2.66 bits per heavy atom. The molecular weight excluding hydrogens is 431 g/mol. The predicted molar refractivity (Wildman–Crippen MR) is 118 cm³/mol. The van der Waals surface area contributed by atoms with E-state index in [0.717, 1.165) is 23.2 Å². The average Bonchev–Trinajstić information content (AvgIpc) is 3.40. The standard InChI is InChI=1S/C23H25FN4O3S/c1-14(2)28-10-8-23(26-28)32(30,31)27-22(29)13-20-17-5-4-6-18(17)21(24)12-19(20)16-7-9-25-15(3)11-16/h7-12,14H,4-6,13H2,1-3H3,(H,27,29). The maximum atomic E-state index is 14.8. The first kappa shape index (κ1) is 22.1. The maximum Gasteiger partial charge on any atom is 0.283 e. The van der Waals surface area contributed by atoms with Gasteiger partial charge >= 0.3 is 0 Å². The van der Waals surface area contributed by atoms with Crippen molar-refractivity contribution in [2.24, 2.45) is 0 Å². The van der Waals surface area contributed by atoms with Crippen molar-refractivity contribution in [1.29, 1.82) is 0 Å². The van der Waals surface area contributed by atoms with Gasteiger partial charge < -0.3 is 0 Å². The number of nitrogens with zero attached hydrogens (tertiary/aromatic N) is 3. The number of carbonyl (C=O) groups excluding carboxylic acids is 1. The smallest absolute Gasteiger partial charge is 0.274 e. The van der Waals surface area contributed by atoms with Gasteiger partial charge in [0, 0.05) is 24.1 Å². The highest BCUT2D eigenvalue weighted by atomic mass is 32.2. The Kier molecular flexibility index (Phi) is 5.85. The Morgan fingerprint density at radius 2 is 1.97 bits per heavy atom. The molecule has 0 saturated carbocycles. The van der Waals surface area contributed by atoms with Crippen molar-refractivity contribution in [1.82, 2.24) is 19.5 Å². The normalized spacial score (nSPS) is 13.4. The molecule has 1 N–H and O–H groups in total.